The van der Waals surface area contributed by atoms with Gasteiger partial charge in [0.15, 0.2) is 0 Å². The smallest absolute Gasteiger partial charge is 0.127 e. The van der Waals surface area contributed by atoms with Crippen LogP contribution in [-0.4, -0.2) is 6.61 Å². The van der Waals surface area contributed by atoms with Gasteiger partial charge in [-0.3, -0.25) is 0 Å². The van der Waals surface area contributed by atoms with Crippen molar-refractivity contribution in [2.75, 3.05) is 17.7 Å². The van der Waals surface area contributed by atoms with E-state index in [0.29, 0.717) is 12.2 Å². The van der Waals surface area contributed by atoms with Crippen molar-refractivity contribution in [1.29, 1.82) is 0 Å². The highest BCUT2D eigenvalue weighted by atomic mass is 79.9. The molecule has 2 aromatic rings. The average Bonchev–Trinajstić information content (AvgIpc) is 2.85. The number of nitrogens with one attached hydrogen (secondary N) is 1. The molecule has 0 saturated heterocycles. The quantitative estimate of drug-likeness (QED) is 0.840. The molecule has 2 aromatic carbocycles. The van der Waals surface area contributed by atoms with Crippen molar-refractivity contribution in [2.45, 2.75) is 13.0 Å². The maximum absolute atomic E-state index is 13.0. The molecule has 104 valence electrons. The van der Waals surface area contributed by atoms with Gasteiger partial charge in [-0.1, -0.05) is 15.9 Å². The summed E-state index contributed by atoms with van der Waals surface area (Å²) in [5.41, 5.74) is 9.18. The van der Waals surface area contributed by atoms with Gasteiger partial charge < -0.3 is 15.8 Å². The van der Waals surface area contributed by atoms with E-state index in [1.165, 1.54) is 17.7 Å². The maximum atomic E-state index is 13.0. The molecule has 0 aromatic heterocycles. The molecule has 1 aliphatic rings. The molecule has 0 saturated carbocycles. The number of anilines is 2. The van der Waals surface area contributed by atoms with Crippen LogP contribution in [0.1, 0.15) is 11.1 Å². The SMILES string of the molecule is Nc1cc(F)ccc1NCc1cc(Br)cc2c1OCC2. The van der Waals surface area contributed by atoms with Crippen LogP contribution in [0.3, 0.4) is 0 Å². The lowest BCUT2D eigenvalue weighted by atomic mass is 10.1. The number of rotatable bonds is 3. The van der Waals surface area contributed by atoms with Gasteiger partial charge in [-0.25, -0.2) is 4.39 Å². The van der Waals surface area contributed by atoms with Crippen molar-refractivity contribution in [3.63, 3.8) is 0 Å². The first-order valence-electron chi connectivity index (χ1n) is 6.36. The highest BCUT2D eigenvalue weighted by molar-refractivity contribution is 9.10. The van der Waals surface area contributed by atoms with Crippen LogP contribution >= 0.6 is 15.9 Å². The lowest BCUT2D eigenvalue weighted by molar-refractivity contribution is 0.354. The van der Waals surface area contributed by atoms with E-state index in [1.807, 2.05) is 6.07 Å². The molecule has 20 heavy (non-hydrogen) atoms. The minimum atomic E-state index is -0.334. The molecule has 1 heterocycles. The van der Waals surface area contributed by atoms with Crippen molar-refractivity contribution in [3.05, 3.63) is 51.7 Å². The molecule has 0 unspecified atom stereocenters. The van der Waals surface area contributed by atoms with E-state index in [4.69, 9.17) is 10.5 Å². The van der Waals surface area contributed by atoms with Gasteiger partial charge in [0, 0.05) is 23.0 Å². The summed E-state index contributed by atoms with van der Waals surface area (Å²) in [6.45, 7) is 1.30. The normalized spacial score (nSPS) is 12.9. The first-order chi connectivity index (χ1) is 9.63. The maximum Gasteiger partial charge on any atom is 0.127 e. The second kappa shape index (κ2) is 5.32. The number of nitrogens with two attached hydrogens (primary N) is 1. The van der Waals surface area contributed by atoms with Gasteiger partial charge in [-0.15, -0.1) is 0 Å². The van der Waals surface area contributed by atoms with Gasteiger partial charge in [-0.2, -0.15) is 0 Å². The Bertz CT molecular complexity index is 661. The van der Waals surface area contributed by atoms with Gasteiger partial charge in [-0.05, 0) is 35.9 Å². The molecule has 0 atom stereocenters. The number of hydrogen-bond acceptors (Lipinski definition) is 3. The van der Waals surface area contributed by atoms with E-state index in [2.05, 4.69) is 27.3 Å². The summed E-state index contributed by atoms with van der Waals surface area (Å²) >= 11 is 3.51. The van der Waals surface area contributed by atoms with Crippen molar-refractivity contribution < 1.29 is 9.13 Å². The second-order valence-electron chi connectivity index (χ2n) is 4.74. The van der Waals surface area contributed by atoms with Crippen LogP contribution in [-0.2, 0) is 13.0 Å². The van der Waals surface area contributed by atoms with Gasteiger partial charge in [0.05, 0.1) is 18.0 Å². The molecule has 3 rings (SSSR count). The van der Waals surface area contributed by atoms with Crippen LogP contribution in [0.5, 0.6) is 5.75 Å². The zero-order chi connectivity index (χ0) is 14.1. The van der Waals surface area contributed by atoms with Crippen molar-refractivity contribution in [2.24, 2.45) is 0 Å². The van der Waals surface area contributed by atoms with E-state index in [-0.39, 0.29) is 5.82 Å². The fourth-order valence-electron chi connectivity index (χ4n) is 2.36. The van der Waals surface area contributed by atoms with E-state index in [0.717, 1.165) is 34.5 Å². The molecule has 3 N–H and O–H groups in total. The van der Waals surface area contributed by atoms with Crippen molar-refractivity contribution in [1.82, 2.24) is 0 Å². The number of benzene rings is 2. The molecular formula is C15H14BrFN2O. The molecule has 1 aliphatic heterocycles. The predicted molar refractivity (Wildman–Crippen MR) is 81.5 cm³/mol. The van der Waals surface area contributed by atoms with Crippen LogP contribution in [0.15, 0.2) is 34.8 Å². The summed E-state index contributed by atoms with van der Waals surface area (Å²) in [6.07, 6.45) is 0.931. The Morgan fingerprint density at radius 3 is 2.95 bits per heavy atom. The largest absolute Gasteiger partial charge is 0.493 e. The highest BCUT2D eigenvalue weighted by Crippen LogP contribution is 2.33. The Balaban J connectivity index is 1.82. The summed E-state index contributed by atoms with van der Waals surface area (Å²) in [5.74, 6) is 0.612. The topological polar surface area (TPSA) is 47.3 Å². The zero-order valence-electron chi connectivity index (χ0n) is 10.7. The average molecular weight is 337 g/mol. The predicted octanol–water partition coefficient (Wildman–Crippen LogP) is 3.72. The van der Waals surface area contributed by atoms with E-state index in [1.54, 1.807) is 6.07 Å². The summed E-state index contributed by atoms with van der Waals surface area (Å²) in [4.78, 5) is 0. The third-order valence-electron chi connectivity index (χ3n) is 3.31. The van der Waals surface area contributed by atoms with Crippen LogP contribution in [0.2, 0.25) is 0 Å². The Morgan fingerprint density at radius 2 is 2.15 bits per heavy atom. The monoisotopic (exact) mass is 336 g/mol. The summed E-state index contributed by atoms with van der Waals surface area (Å²) in [6, 6.07) is 8.45. The van der Waals surface area contributed by atoms with Crippen LogP contribution < -0.4 is 15.8 Å². The van der Waals surface area contributed by atoms with Gasteiger partial charge in [0.2, 0.25) is 0 Å². The van der Waals surface area contributed by atoms with E-state index >= 15 is 0 Å². The van der Waals surface area contributed by atoms with Crippen molar-refractivity contribution >= 4 is 27.3 Å². The summed E-state index contributed by atoms with van der Waals surface area (Å²) in [5, 5.41) is 3.22. The fraction of sp³-hybridized carbons (Fsp3) is 0.200. The third-order valence-corrected chi connectivity index (χ3v) is 3.77. The van der Waals surface area contributed by atoms with E-state index in [9.17, 15) is 4.39 Å². The standard InChI is InChI=1S/C15H14BrFN2O/c16-11-5-9-3-4-20-15(9)10(6-11)8-19-14-2-1-12(17)7-13(14)18/h1-2,5-7,19H,3-4,8,18H2. The van der Waals surface area contributed by atoms with Crippen LogP contribution in [0.4, 0.5) is 15.8 Å². The molecule has 5 heteroatoms. The molecule has 0 spiro atoms. The van der Waals surface area contributed by atoms with Crippen LogP contribution in [0, 0.1) is 5.82 Å². The van der Waals surface area contributed by atoms with Gasteiger partial charge in [0.1, 0.15) is 11.6 Å². The van der Waals surface area contributed by atoms with Gasteiger partial charge >= 0.3 is 0 Å². The number of fused-ring (bicyclic) bond motifs is 1. The number of nitrogen functional groups attached to an aromatic ring is 1. The number of halogens is 2. The summed E-state index contributed by atoms with van der Waals surface area (Å²) in [7, 11) is 0. The molecule has 0 radical (unpaired) electrons. The lowest BCUT2D eigenvalue weighted by Gasteiger charge is -2.12. The molecular weight excluding hydrogens is 323 g/mol. The minimum Gasteiger partial charge on any atom is -0.493 e. The molecule has 0 aliphatic carbocycles. The van der Waals surface area contributed by atoms with Crippen molar-refractivity contribution in [3.8, 4) is 5.75 Å². The number of hydrogen-bond donors (Lipinski definition) is 2. The first kappa shape index (κ1) is 13.2. The summed E-state index contributed by atoms with van der Waals surface area (Å²) < 4.78 is 19.7. The Kier molecular flexibility index (Phi) is 3.53. The Morgan fingerprint density at radius 1 is 1.30 bits per heavy atom. The lowest BCUT2D eigenvalue weighted by Crippen LogP contribution is -2.04. The zero-order valence-corrected chi connectivity index (χ0v) is 12.3. The third kappa shape index (κ3) is 2.58. The Hall–Kier alpha value is -1.75. The number of ether oxygens (including phenoxy) is 1. The molecule has 0 fully saturated rings. The van der Waals surface area contributed by atoms with E-state index < -0.39 is 0 Å². The minimum absolute atomic E-state index is 0.334. The van der Waals surface area contributed by atoms with Gasteiger partial charge in [0.25, 0.3) is 0 Å². The first-order valence-corrected chi connectivity index (χ1v) is 7.16. The molecule has 3 nitrogen and oxygen atoms in total. The molecule has 0 amide bonds. The molecule has 0 bridgehead atoms. The van der Waals surface area contributed by atoms with Crippen LogP contribution in [0.25, 0.3) is 0 Å². The second-order valence-corrected chi connectivity index (χ2v) is 5.65. The highest BCUT2D eigenvalue weighted by Gasteiger charge is 2.17. The fourth-order valence-corrected chi connectivity index (χ4v) is 2.92. The Labute approximate surface area is 125 Å².